The number of rotatable bonds is 8. The Bertz CT molecular complexity index is 1030. The maximum Gasteiger partial charge on any atom is 0.336 e. The van der Waals surface area contributed by atoms with E-state index in [1.807, 2.05) is 0 Å². The van der Waals surface area contributed by atoms with Crippen LogP contribution in [0.2, 0.25) is 0 Å². The minimum absolute atomic E-state index is 0.0485. The molecule has 0 aliphatic rings. The molecule has 0 saturated heterocycles. The van der Waals surface area contributed by atoms with Gasteiger partial charge in [0.2, 0.25) is 11.8 Å². The Balaban J connectivity index is 2.69. The smallest absolute Gasteiger partial charge is 0.336 e. The van der Waals surface area contributed by atoms with Crippen LogP contribution in [-0.2, 0) is 19.6 Å². The van der Waals surface area contributed by atoms with Gasteiger partial charge in [-0.05, 0) is 6.07 Å². The molecule has 0 aliphatic carbocycles. The summed E-state index contributed by atoms with van der Waals surface area (Å²) in [7, 11) is -2.38. The summed E-state index contributed by atoms with van der Waals surface area (Å²) in [6.45, 7) is -0.215. The lowest BCUT2D eigenvalue weighted by atomic mass is 10.2. The predicted octanol–water partition coefficient (Wildman–Crippen LogP) is 0.736. The van der Waals surface area contributed by atoms with Gasteiger partial charge in [0.1, 0.15) is 6.67 Å². The zero-order valence-electron chi connectivity index (χ0n) is 16.1. The number of methoxy groups -OCH3 is 2. The third-order valence-electron chi connectivity index (χ3n) is 3.55. The number of alkyl halides is 1. The molecule has 2 heterocycles. The Kier molecular flexibility index (Phi) is 7.05. The molecule has 2 rings (SSSR count). The summed E-state index contributed by atoms with van der Waals surface area (Å²) in [6.07, 6.45) is -0.498. The van der Waals surface area contributed by atoms with Gasteiger partial charge in [0, 0.05) is 18.7 Å². The zero-order valence-corrected chi connectivity index (χ0v) is 16.9. The number of sulfonamides is 1. The van der Waals surface area contributed by atoms with E-state index in [0.717, 1.165) is 13.1 Å². The molecule has 30 heavy (non-hydrogen) atoms. The molecule has 2 aromatic rings. The van der Waals surface area contributed by atoms with Crippen LogP contribution in [0.1, 0.15) is 18.6 Å². The molecule has 0 aliphatic heterocycles. The van der Waals surface area contributed by atoms with E-state index in [1.54, 1.807) is 0 Å². The maximum atomic E-state index is 13.5. The van der Waals surface area contributed by atoms with E-state index < -0.39 is 45.8 Å². The zero-order chi connectivity index (χ0) is 22.5. The number of ether oxygens (including phenoxy) is 3. The highest BCUT2D eigenvalue weighted by molar-refractivity contribution is 7.93. The van der Waals surface area contributed by atoms with E-state index in [9.17, 15) is 22.4 Å². The second-order valence-electron chi connectivity index (χ2n) is 5.51. The quantitative estimate of drug-likeness (QED) is 0.575. The Labute approximate surface area is 170 Å². The number of anilines is 1. The van der Waals surface area contributed by atoms with Crippen molar-refractivity contribution >= 4 is 28.0 Å². The highest BCUT2D eigenvalue weighted by atomic mass is 32.2. The number of amides is 2. The van der Waals surface area contributed by atoms with Crippen molar-refractivity contribution in [1.82, 2.24) is 15.0 Å². The number of hydrogen-bond acceptors (Lipinski definition) is 10. The fourth-order valence-electron chi connectivity index (χ4n) is 2.35. The first-order valence-electron chi connectivity index (χ1n) is 8.15. The summed E-state index contributed by atoms with van der Waals surface area (Å²) in [5.41, 5.74) is 4.96. The van der Waals surface area contributed by atoms with Gasteiger partial charge < -0.3 is 19.9 Å². The third kappa shape index (κ3) is 4.71. The van der Waals surface area contributed by atoms with Gasteiger partial charge in [0.15, 0.2) is 11.1 Å². The molecule has 2 aromatic heterocycles. The fraction of sp³-hybridized carbons (Fsp3) is 0.312. The number of esters is 1. The van der Waals surface area contributed by atoms with Gasteiger partial charge in [0.25, 0.3) is 16.0 Å². The largest absolute Gasteiger partial charge is 0.481 e. The fourth-order valence-corrected chi connectivity index (χ4v) is 3.74. The highest BCUT2D eigenvalue weighted by Gasteiger charge is 2.37. The van der Waals surface area contributed by atoms with Crippen molar-refractivity contribution in [2.45, 2.75) is 18.1 Å². The Morgan fingerprint density at radius 3 is 2.30 bits per heavy atom. The molecule has 0 saturated carbocycles. The van der Waals surface area contributed by atoms with Crippen molar-refractivity contribution < 1.29 is 36.6 Å². The normalized spacial score (nSPS) is 12.0. The van der Waals surface area contributed by atoms with Gasteiger partial charge in [-0.2, -0.15) is 18.4 Å². The Morgan fingerprint density at radius 1 is 1.23 bits per heavy atom. The number of primary amides is 1. The summed E-state index contributed by atoms with van der Waals surface area (Å²) < 4.78 is 54.7. The maximum absolute atomic E-state index is 13.5. The minimum atomic E-state index is -4.87. The van der Waals surface area contributed by atoms with Crippen molar-refractivity contribution in [3.05, 3.63) is 30.0 Å². The number of pyridine rings is 1. The monoisotopic (exact) mass is 443 g/mol. The number of carbonyl (C=O) groups excluding carboxylic acids is 2. The van der Waals surface area contributed by atoms with E-state index >= 15 is 0 Å². The topological polar surface area (TPSA) is 164 Å². The Morgan fingerprint density at radius 2 is 1.83 bits per heavy atom. The first kappa shape index (κ1) is 22.7. The van der Waals surface area contributed by atoms with Crippen molar-refractivity contribution in [1.29, 1.82) is 0 Å². The number of hydrogen-bond donors (Lipinski definition) is 1. The van der Waals surface area contributed by atoms with Crippen LogP contribution in [0.4, 0.5) is 15.1 Å². The molecule has 0 fully saturated rings. The minimum Gasteiger partial charge on any atom is -0.481 e. The first-order chi connectivity index (χ1) is 14.1. The van der Waals surface area contributed by atoms with E-state index in [4.69, 9.17) is 19.9 Å². The number of urea groups is 1. The van der Waals surface area contributed by atoms with Gasteiger partial charge in [-0.1, -0.05) is 6.07 Å². The molecular formula is C16H18FN5O7S. The summed E-state index contributed by atoms with van der Waals surface area (Å²) in [5.74, 6) is -1.79. The Hall–Kier alpha value is -3.55. The summed E-state index contributed by atoms with van der Waals surface area (Å²) >= 11 is 0. The van der Waals surface area contributed by atoms with Crippen LogP contribution in [0.25, 0.3) is 0 Å². The molecule has 12 nitrogen and oxygen atoms in total. The first-order valence-corrected chi connectivity index (χ1v) is 9.59. The van der Waals surface area contributed by atoms with Gasteiger partial charge >= 0.3 is 12.0 Å². The second-order valence-corrected chi connectivity index (χ2v) is 7.21. The van der Waals surface area contributed by atoms with Gasteiger partial charge in [0.05, 0.1) is 20.3 Å². The molecule has 1 unspecified atom stereocenters. The number of carbonyl (C=O) groups is 2. The van der Waals surface area contributed by atoms with E-state index in [2.05, 4.69) is 15.0 Å². The SMILES string of the molecule is COc1cc(OC)nc(N(C(N)=O)S(=O)(=O)c2ncccc2C(CF)OC(C)=O)n1. The van der Waals surface area contributed by atoms with Gasteiger partial charge in [-0.3, -0.25) is 4.79 Å². The van der Waals surface area contributed by atoms with Gasteiger partial charge in [-0.15, -0.1) is 4.31 Å². The van der Waals surface area contributed by atoms with Crippen molar-refractivity contribution in [2.75, 3.05) is 25.2 Å². The average Bonchev–Trinajstić information content (AvgIpc) is 2.71. The number of nitrogens with two attached hydrogens (primary N) is 1. The van der Waals surface area contributed by atoms with Crippen molar-refractivity contribution in [2.24, 2.45) is 5.73 Å². The molecule has 0 aromatic carbocycles. The molecule has 162 valence electrons. The van der Waals surface area contributed by atoms with E-state index in [-0.39, 0.29) is 21.6 Å². The van der Waals surface area contributed by atoms with Crippen molar-refractivity contribution in [3.8, 4) is 11.8 Å². The molecular weight excluding hydrogens is 425 g/mol. The lowest BCUT2D eigenvalue weighted by molar-refractivity contribution is -0.147. The van der Waals surface area contributed by atoms with Crippen LogP contribution in [0.15, 0.2) is 29.4 Å². The molecule has 0 radical (unpaired) electrons. The van der Waals surface area contributed by atoms with Crippen LogP contribution in [0.5, 0.6) is 11.8 Å². The van der Waals surface area contributed by atoms with Crippen LogP contribution >= 0.6 is 0 Å². The average molecular weight is 443 g/mol. The molecule has 0 spiro atoms. The second kappa shape index (κ2) is 9.30. The number of aromatic nitrogens is 3. The highest BCUT2D eigenvalue weighted by Crippen LogP contribution is 2.29. The molecule has 2 N–H and O–H groups in total. The number of nitrogens with zero attached hydrogens (tertiary/aromatic N) is 4. The predicted molar refractivity (Wildman–Crippen MR) is 99.1 cm³/mol. The third-order valence-corrected chi connectivity index (χ3v) is 5.20. The summed E-state index contributed by atoms with van der Waals surface area (Å²) in [6, 6.07) is 2.24. The van der Waals surface area contributed by atoms with Gasteiger partial charge in [-0.25, -0.2) is 14.2 Å². The molecule has 1 atom stereocenters. The molecule has 2 amide bonds. The van der Waals surface area contributed by atoms with Crippen LogP contribution in [0, 0.1) is 0 Å². The van der Waals surface area contributed by atoms with Crippen LogP contribution in [-0.4, -0.2) is 56.3 Å². The van der Waals surface area contributed by atoms with Crippen LogP contribution < -0.4 is 19.5 Å². The summed E-state index contributed by atoms with van der Waals surface area (Å²) in [4.78, 5) is 34.7. The van der Waals surface area contributed by atoms with Crippen LogP contribution in [0.3, 0.4) is 0 Å². The molecule has 0 bridgehead atoms. The molecule has 14 heteroatoms. The lowest BCUT2D eigenvalue weighted by Gasteiger charge is -2.22. The van der Waals surface area contributed by atoms with E-state index in [0.29, 0.717) is 0 Å². The van der Waals surface area contributed by atoms with E-state index in [1.165, 1.54) is 32.4 Å². The summed E-state index contributed by atoms with van der Waals surface area (Å²) in [5, 5.41) is -0.780. The lowest BCUT2D eigenvalue weighted by Crippen LogP contribution is -2.42. The standard InChI is InChI=1S/C16H18FN5O7S/c1-9(23)29-11(8-17)10-5-4-6-19-14(10)30(25,26)22(15(18)24)16-20-12(27-2)7-13(21-16)28-3/h4-7,11H,8H2,1-3H3,(H2,18,24). The van der Waals surface area contributed by atoms with Crippen molar-refractivity contribution in [3.63, 3.8) is 0 Å². The number of halogens is 1.